The molecule has 2 fully saturated rings. The fourth-order valence-electron chi connectivity index (χ4n) is 4.01. The molecule has 0 aliphatic carbocycles. The van der Waals surface area contributed by atoms with Crippen molar-refractivity contribution in [2.24, 2.45) is 5.92 Å². The fourth-order valence-corrected chi connectivity index (χ4v) is 4.01. The van der Waals surface area contributed by atoms with E-state index in [2.05, 4.69) is 11.4 Å². The van der Waals surface area contributed by atoms with Crippen molar-refractivity contribution in [3.05, 3.63) is 35.4 Å². The zero-order chi connectivity index (χ0) is 14.2. The molecule has 3 aliphatic rings. The molecule has 0 aromatic heterocycles. The average molecular weight is 323 g/mol. The van der Waals surface area contributed by atoms with Crippen molar-refractivity contribution >= 4 is 18.3 Å². The van der Waals surface area contributed by atoms with Crippen molar-refractivity contribution in [2.45, 2.75) is 31.4 Å². The molecule has 1 aromatic rings. The first-order valence-electron chi connectivity index (χ1n) is 8.04. The largest absolute Gasteiger partial charge is 0.363 e. The van der Waals surface area contributed by atoms with Crippen LogP contribution < -0.4 is 5.32 Å². The summed E-state index contributed by atoms with van der Waals surface area (Å²) in [5, 5.41) is 3.54. The molecule has 3 aliphatic heterocycles. The summed E-state index contributed by atoms with van der Waals surface area (Å²) in [4.78, 5) is 14.9. The van der Waals surface area contributed by atoms with E-state index in [1.807, 2.05) is 23.1 Å². The van der Waals surface area contributed by atoms with Gasteiger partial charge in [-0.15, -0.1) is 12.4 Å². The third-order valence-electron chi connectivity index (χ3n) is 5.19. The maximum Gasteiger partial charge on any atom is 0.256 e. The van der Waals surface area contributed by atoms with Gasteiger partial charge in [-0.3, -0.25) is 4.79 Å². The number of carbonyl (C=O) groups is 1. The van der Waals surface area contributed by atoms with Gasteiger partial charge in [-0.05, 0) is 42.9 Å². The van der Waals surface area contributed by atoms with Crippen LogP contribution in [0.3, 0.4) is 0 Å². The molecule has 1 aromatic carbocycles. The number of carbonyl (C=O) groups excluding carboxylic acids is 1. The van der Waals surface area contributed by atoms with Crippen LogP contribution in [-0.2, 0) is 16.0 Å². The summed E-state index contributed by atoms with van der Waals surface area (Å²) in [6.07, 6.45) is 2.79. The molecule has 3 unspecified atom stereocenters. The van der Waals surface area contributed by atoms with Gasteiger partial charge in [0.25, 0.3) is 5.91 Å². The molecule has 0 spiro atoms. The van der Waals surface area contributed by atoms with Crippen LogP contribution in [0, 0.1) is 5.92 Å². The Bertz CT molecular complexity index is 551. The van der Waals surface area contributed by atoms with Crippen LogP contribution in [0.2, 0.25) is 0 Å². The van der Waals surface area contributed by atoms with Gasteiger partial charge < -0.3 is 15.0 Å². The lowest BCUT2D eigenvalue weighted by atomic mass is 9.91. The lowest BCUT2D eigenvalue weighted by Gasteiger charge is -2.37. The van der Waals surface area contributed by atoms with E-state index in [-0.39, 0.29) is 24.4 Å². The molecule has 4 nitrogen and oxygen atoms in total. The van der Waals surface area contributed by atoms with Gasteiger partial charge in [0.1, 0.15) is 0 Å². The van der Waals surface area contributed by atoms with E-state index >= 15 is 0 Å². The first-order chi connectivity index (χ1) is 10.3. The minimum Gasteiger partial charge on any atom is -0.363 e. The summed E-state index contributed by atoms with van der Waals surface area (Å²) in [6.45, 7) is 3.49. The molecule has 0 saturated carbocycles. The Hall–Kier alpha value is -1.10. The number of ether oxygens (including phenoxy) is 1. The topological polar surface area (TPSA) is 41.6 Å². The van der Waals surface area contributed by atoms with Gasteiger partial charge in [-0.2, -0.15) is 0 Å². The maximum absolute atomic E-state index is 12.9. The lowest BCUT2D eigenvalue weighted by Crippen LogP contribution is -2.49. The van der Waals surface area contributed by atoms with Crippen LogP contribution in [0.4, 0.5) is 0 Å². The monoisotopic (exact) mass is 322 g/mol. The summed E-state index contributed by atoms with van der Waals surface area (Å²) in [5.74, 6) is 0.786. The van der Waals surface area contributed by atoms with E-state index < -0.39 is 0 Å². The number of hydrogen-bond donors (Lipinski definition) is 1. The number of halogens is 1. The number of fused-ring (bicyclic) bond motifs is 2. The first-order valence-corrected chi connectivity index (χ1v) is 8.04. The molecule has 120 valence electrons. The average Bonchev–Trinajstić information content (AvgIpc) is 3.01. The van der Waals surface area contributed by atoms with E-state index in [1.54, 1.807) is 0 Å². The summed E-state index contributed by atoms with van der Waals surface area (Å²) in [5.41, 5.74) is 2.33. The second kappa shape index (κ2) is 6.57. The number of likely N-dealkylation sites (tertiary alicyclic amines) is 1. The number of nitrogens with zero attached hydrogens (tertiary/aromatic N) is 1. The zero-order valence-corrected chi connectivity index (χ0v) is 13.5. The van der Waals surface area contributed by atoms with Crippen LogP contribution in [0.1, 0.15) is 30.1 Å². The molecular weight excluding hydrogens is 300 g/mol. The molecule has 4 rings (SSSR count). The van der Waals surface area contributed by atoms with E-state index in [1.165, 1.54) is 12.0 Å². The van der Waals surface area contributed by atoms with Crippen LogP contribution >= 0.6 is 12.4 Å². The number of amides is 1. The minimum atomic E-state index is -0.388. The van der Waals surface area contributed by atoms with Crippen molar-refractivity contribution in [1.29, 1.82) is 0 Å². The molecule has 1 N–H and O–H groups in total. The van der Waals surface area contributed by atoms with Gasteiger partial charge in [-0.25, -0.2) is 0 Å². The van der Waals surface area contributed by atoms with E-state index in [9.17, 15) is 4.79 Å². The number of benzene rings is 1. The van der Waals surface area contributed by atoms with Crippen molar-refractivity contribution in [3.63, 3.8) is 0 Å². The Kier molecular flexibility index (Phi) is 4.71. The molecule has 3 atom stereocenters. The Morgan fingerprint density at radius 2 is 2.14 bits per heavy atom. The van der Waals surface area contributed by atoms with Crippen LogP contribution in [0.15, 0.2) is 24.3 Å². The van der Waals surface area contributed by atoms with Gasteiger partial charge in [0.15, 0.2) is 6.10 Å². The highest BCUT2D eigenvalue weighted by Crippen LogP contribution is 2.31. The Labute approximate surface area is 137 Å². The predicted molar refractivity (Wildman–Crippen MR) is 87.2 cm³/mol. The van der Waals surface area contributed by atoms with Gasteiger partial charge in [0.2, 0.25) is 0 Å². The van der Waals surface area contributed by atoms with E-state index in [0.29, 0.717) is 18.6 Å². The summed E-state index contributed by atoms with van der Waals surface area (Å²) >= 11 is 0. The number of rotatable bonds is 1. The third-order valence-corrected chi connectivity index (χ3v) is 5.19. The second-order valence-electron chi connectivity index (χ2n) is 6.38. The molecular formula is C17H23ClN2O2. The van der Waals surface area contributed by atoms with Gasteiger partial charge in [0.05, 0.1) is 6.61 Å². The molecule has 5 heteroatoms. The molecule has 1 amide bonds. The maximum atomic E-state index is 12.9. The second-order valence-corrected chi connectivity index (χ2v) is 6.38. The molecule has 0 bridgehead atoms. The smallest absolute Gasteiger partial charge is 0.256 e. The molecule has 22 heavy (non-hydrogen) atoms. The highest BCUT2D eigenvalue weighted by Gasteiger charge is 2.38. The van der Waals surface area contributed by atoms with Crippen molar-refractivity contribution < 1.29 is 9.53 Å². The first kappa shape index (κ1) is 15.8. The Morgan fingerprint density at radius 1 is 1.27 bits per heavy atom. The Morgan fingerprint density at radius 3 is 3.05 bits per heavy atom. The summed E-state index contributed by atoms with van der Waals surface area (Å²) in [6, 6.07) is 8.82. The minimum absolute atomic E-state index is 0. The molecule has 3 heterocycles. The predicted octanol–water partition coefficient (Wildman–Crippen LogP) is 1.93. The van der Waals surface area contributed by atoms with E-state index in [4.69, 9.17) is 4.74 Å². The van der Waals surface area contributed by atoms with Crippen molar-refractivity contribution in [2.75, 3.05) is 26.2 Å². The van der Waals surface area contributed by atoms with Crippen LogP contribution in [0.25, 0.3) is 0 Å². The third kappa shape index (κ3) is 2.75. The van der Waals surface area contributed by atoms with Crippen LogP contribution in [0.5, 0.6) is 0 Å². The zero-order valence-electron chi connectivity index (χ0n) is 12.7. The summed E-state index contributed by atoms with van der Waals surface area (Å²) in [7, 11) is 0. The molecule has 0 radical (unpaired) electrons. The van der Waals surface area contributed by atoms with Crippen molar-refractivity contribution in [3.8, 4) is 0 Å². The quantitative estimate of drug-likeness (QED) is 0.859. The SMILES string of the molecule is Cl.O=C(C1OCCc2ccccc21)N1CCC2NCCC2C1. The standard InChI is InChI=1S/C17H22N2O2.ClH/c20-17(19-9-6-15-13(11-19)5-8-18-15)16-14-4-2-1-3-12(14)7-10-21-16;/h1-4,13,15-16,18H,5-11H2;1H. The normalized spacial score (nSPS) is 30.2. The van der Waals surface area contributed by atoms with E-state index in [0.717, 1.165) is 38.0 Å². The number of nitrogens with one attached hydrogen (secondary N) is 1. The number of hydrogen-bond acceptors (Lipinski definition) is 3. The molecule has 2 saturated heterocycles. The van der Waals surface area contributed by atoms with Gasteiger partial charge in [0, 0.05) is 19.1 Å². The van der Waals surface area contributed by atoms with Gasteiger partial charge >= 0.3 is 0 Å². The highest BCUT2D eigenvalue weighted by atomic mass is 35.5. The highest BCUT2D eigenvalue weighted by molar-refractivity contribution is 5.85. The number of piperidine rings is 1. The fraction of sp³-hybridized carbons (Fsp3) is 0.588. The summed E-state index contributed by atoms with van der Waals surface area (Å²) < 4.78 is 5.82. The van der Waals surface area contributed by atoms with Crippen LogP contribution in [-0.4, -0.2) is 43.1 Å². The van der Waals surface area contributed by atoms with Gasteiger partial charge in [-0.1, -0.05) is 24.3 Å². The van der Waals surface area contributed by atoms with Crippen molar-refractivity contribution in [1.82, 2.24) is 10.2 Å². The Balaban J connectivity index is 0.00000144. The lowest BCUT2D eigenvalue weighted by molar-refractivity contribution is -0.147.